The minimum atomic E-state index is -2.84. The zero-order valence-corrected chi connectivity index (χ0v) is 13.9. The van der Waals surface area contributed by atoms with Crippen LogP contribution in [0.25, 0.3) is 0 Å². The number of halogens is 2. The number of hydrogen-bond acceptors (Lipinski definition) is 4. The molecule has 1 N–H and O–H groups in total. The van der Waals surface area contributed by atoms with Gasteiger partial charge in [0.05, 0.1) is 19.8 Å². The van der Waals surface area contributed by atoms with Gasteiger partial charge in [0.1, 0.15) is 17.2 Å². The van der Waals surface area contributed by atoms with Crippen LogP contribution in [0.4, 0.5) is 8.78 Å². The number of alkyl halides is 2. The first kappa shape index (κ1) is 18.5. The van der Waals surface area contributed by atoms with Gasteiger partial charge in [-0.25, -0.2) is 0 Å². The molecule has 0 saturated heterocycles. The van der Waals surface area contributed by atoms with Gasteiger partial charge in [-0.2, -0.15) is 8.78 Å². The smallest absolute Gasteiger partial charge is 0.387 e. The molecule has 2 aromatic rings. The van der Waals surface area contributed by atoms with E-state index < -0.39 is 6.61 Å². The highest BCUT2D eigenvalue weighted by Gasteiger charge is 2.13. The molecule has 0 atom stereocenters. The third-order valence-corrected chi connectivity index (χ3v) is 3.50. The lowest BCUT2D eigenvalue weighted by molar-refractivity contribution is -0.0498. The second kappa shape index (κ2) is 8.86. The summed E-state index contributed by atoms with van der Waals surface area (Å²) in [7, 11) is 3.01. The Balaban J connectivity index is 1.92. The van der Waals surface area contributed by atoms with E-state index in [9.17, 15) is 13.6 Å². The van der Waals surface area contributed by atoms with E-state index in [2.05, 4.69) is 10.1 Å². The zero-order chi connectivity index (χ0) is 18.2. The van der Waals surface area contributed by atoms with Crippen LogP contribution in [0.1, 0.15) is 15.9 Å². The average Bonchev–Trinajstić information content (AvgIpc) is 2.62. The van der Waals surface area contributed by atoms with Gasteiger partial charge in [0.2, 0.25) is 0 Å². The Labute approximate surface area is 144 Å². The van der Waals surface area contributed by atoms with E-state index in [1.54, 1.807) is 30.3 Å². The maximum Gasteiger partial charge on any atom is 0.387 e. The van der Waals surface area contributed by atoms with E-state index in [1.807, 2.05) is 0 Å². The van der Waals surface area contributed by atoms with Gasteiger partial charge in [-0.1, -0.05) is 12.1 Å². The maximum absolute atomic E-state index is 12.3. The van der Waals surface area contributed by atoms with Gasteiger partial charge in [0, 0.05) is 6.54 Å². The predicted octanol–water partition coefficient (Wildman–Crippen LogP) is 3.28. The summed E-state index contributed by atoms with van der Waals surface area (Å²) in [6.07, 6.45) is 0.549. The fourth-order valence-corrected chi connectivity index (χ4v) is 2.24. The number of hydrogen-bond donors (Lipinski definition) is 1. The highest BCUT2D eigenvalue weighted by molar-refractivity contribution is 5.97. The molecule has 5 nitrogen and oxygen atoms in total. The molecule has 0 fully saturated rings. The molecule has 7 heteroatoms. The van der Waals surface area contributed by atoms with E-state index in [4.69, 9.17) is 9.47 Å². The molecule has 0 heterocycles. The lowest BCUT2D eigenvalue weighted by Gasteiger charge is -2.11. The van der Waals surface area contributed by atoms with Crippen molar-refractivity contribution < 1.29 is 27.8 Å². The van der Waals surface area contributed by atoms with Crippen molar-refractivity contribution in [3.63, 3.8) is 0 Å². The highest BCUT2D eigenvalue weighted by atomic mass is 19.3. The molecule has 0 aliphatic carbocycles. The molecule has 0 unspecified atom stereocenters. The van der Waals surface area contributed by atoms with Crippen molar-refractivity contribution in [3.05, 3.63) is 53.6 Å². The van der Waals surface area contributed by atoms with Crippen LogP contribution in [0.2, 0.25) is 0 Å². The molecule has 0 saturated carbocycles. The summed E-state index contributed by atoms with van der Waals surface area (Å²) in [5, 5.41) is 2.79. The Bertz CT molecular complexity index is 705. The Morgan fingerprint density at radius 2 is 1.72 bits per heavy atom. The molecule has 0 radical (unpaired) electrons. The van der Waals surface area contributed by atoms with E-state index >= 15 is 0 Å². The molecule has 2 rings (SSSR count). The first-order valence-electron chi connectivity index (χ1n) is 7.57. The summed E-state index contributed by atoms with van der Waals surface area (Å²) in [6.45, 7) is -2.46. The Morgan fingerprint density at radius 3 is 2.32 bits per heavy atom. The number of rotatable bonds is 8. The van der Waals surface area contributed by atoms with E-state index in [0.29, 0.717) is 30.0 Å². The molecule has 0 aliphatic heterocycles. The highest BCUT2D eigenvalue weighted by Crippen LogP contribution is 2.23. The number of ether oxygens (including phenoxy) is 3. The van der Waals surface area contributed by atoms with Crippen molar-refractivity contribution in [2.45, 2.75) is 13.0 Å². The summed E-state index contributed by atoms with van der Waals surface area (Å²) in [5.74, 6) is 0.824. The number of methoxy groups -OCH3 is 2. The molecular formula is C18H19F2NO4. The normalized spacial score (nSPS) is 10.4. The van der Waals surface area contributed by atoms with Crippen LogP contribution in [0.3, 0.4) is 0 Å². The lowest BCUT2D eigenvalue weighted by atomic mass is 10.1. The van der Waals surface area contributed by atoms with Gasteiger partial charge in [0.15, 0.2) is 0 Å². The second-order valence-corrected chi connectivity index (χ2v) is 5.09. The molecule has 2 aromatic carbocycles. The van der Waals surface area contributed by atoms with Crippen LogP contribution < -0.4 is 19.5 Å². The lowest BCUT2D eigenvalue weighted by Crippen LogP contribution is -2.26. The first-order chi connectivity index (χ1) is 12.0. The largest absolute Gasteiger partial charge is 0.497 e. The van der Waals surface area contributed by atoms with Crippen LogP contribution in [-0.4, -0.2) is 33.3 Å². The quantitative estimate of drug-likeness (QED) is 0.793. The summed E-state index contributed by atoms with van der Waals surface area (Å²) in [5.41, 5.74) is 1.27. The Hall–Kier alpha value is -2.83. The van der Waals surface area contributed by atoms with Crippen LogP contribution in [-0.2, 0) is 6.42 Å². The van der Waals surface area contributed by atoms with Crippen molar-refractivity contribution in [3.8, 4) is 17.2 Å². The summed E-state index contributed by atoms with van der Waals surface area (Å²) in [4.78, 5) is 12.3. The average molecular weight is 351 g/mol. The van der Waals surface area contributed by atoms with Crippen molar-refractivity contribution in [1.82, 2.24) is 5.32 Å². The summed E-state index contributed by atoms with van der Waals surface area (Å²) in [6, 6.07) is 11.3. The third kappa shape index (κ3) is 5.34. The number of nitrogens with one attached hydrogen (secondary N) is 1. The fraction of sp³-hybridized carbons (Fsp3) is 0.278. The first-order valence-corrected chi connectivity index (χ1v) is 7.57. The van der Waals surface area contributed by atoms with Crippen molar-refractivity contribution in [2.75, 3.05) is 20.8 Å². The minimum Gasteiger partial charge on any atom is -0.497 e. The number of carbonyl (C=O) groups excluding carboxylic acids is 1. The number of carbonyl (C=O) groups is 1. The fourth-order valence-electron chi connectivity index (χ4n) is 2.24. The Kier molecular flexibility index (Phi) is 6.56. The number of amides is 1. The van der Waals surface area contributed by atoms with Gasteiger partial charge in [-0.05, 0) is 42.3 Å². The van der Waals surface area contributed by atoms with Crippen LogP contribution in [0.5, 0.6) is 17.2 Å². The van der Waals surface area contributed by atoms with Gasteiger partial charge in [-0.3, -0.25) is 4.79 Å². The van der Waals surface area contributed by atoms with E-state index in [-0.39, 0.29) is 11.7 Å². The summed E-state index contributed by atoms with van der Waals surface area (Å²) >= 11 is 0. The van der Waals surface area contributed by atoms with E-state index in [0.717, 1.165) is 5.56 Å². The molecule has 0 bridgehead atoms. The monoisotopic (exact) mass is 351 g/mol. The molecule has 25 heavy (non-hydrogen) atoms. The van der Waals surface area contributed by atoms with Gasteiger partial charge < -0.3 is 19.5 Å². The Morgan fingerprint density at radius 1 is 1.04 bits per heavy atom. The SMILES string of the molecule is COc1ccc(OC)c(C(=O)NCCc2ccc(OC(F)F)cc2)c1. The van der Waals surface area contributed by atoms with Crippen molar-refractivity contribution in [1.29, 1.82) is 0 Å². The van der Waals surface area contributed by atoms with Crippen molar-refractivity contribution in [2.24, 2.45) is 0 Å². The molecule has 0 aliphatic rings. The van der Waals surface area contributed by atoms with Gasteiger partial charge in [0.25, 0.3) is 5.91 Å². The van der Waals surface area contributed by atoms with Gasteiger partial charge >= 0.3 is 6.61 Å². The molecule has 0 spiro atoms. The van der Waals surface area contributed by atoms with Gasteiger partial charge in [-0.15, -0.1) is 0 Å². The zero-order valence-electron chi connectivity index (χ0n) is 13.9. The third-order valence-electron chi connectivity index (χ3n) is 3.50. The van der Waals surface area contributed by atoms with Crippen molar-refractivity contribution >= 4 is 5.91 Å². The molecular weight excluding hydrogens is 332 g/mol. The molecule has 134 valence electrons. The minimum absolute atomic E-state index is 0.101. The maximum atomic E-state index is 12.3. The van der Waals surface area contributed by atoms with Crippen LogP contribution >= 0.6 is 0 Å². The van der Waals surface area contributed by atoms with Crippen LogP contribution in [0.15, 0.2) is 42.5 Å². The molecule has 1 amide bonds. The summed E-state index contributed by atoms with van der Waals surface area (Å²) < 4.78 is 38.8. The van der Waals surface area contributed by atoms with Crippen LogP contribution in [0, 0.1) is 0 Å². The number of benzene rings is 2. The van der Waals surface area contributed by atoms with E-state index in [1.165, 1.54) is 26.4 Å². The predicted molar refractivity (Wildman–Crippen MR) is 88.7 cm³/mol. The standard InChI is InChI=1S/C18H19F2NO4/c1-23-14-7-8-16(24-2)15(11-14)17(22)21-10-9-12-3-5-13(6-4-12)25-18(19)20/h3-8,11,18H,9-10H2,1-2H3,(H,21,22). The topological polar surface area (TPSA) is 56.8 Å². The second-order valence-electron chi connectivity index (χ2n) is 5.09. The molecule has 0 aromatic heterocycles.